The topological polar surface area (TPSA) is 70.0 Å². The lowest BCUT2D eigenvalue weighted by Gasteiger charge is -2.08. The summed E-state index contributed by atoms with van der Waals surface area (Å²) in [6, 6.07) is 6.75. The van der Waals surface area contributed by atoms with Crippen LogP contribution < -0.4 is 16.9 Å². The molecule has 3 rings (SSSR count). The summed E-state index contributed by atoms with van der Waals surface area (Å²) >= 11 is 1.54. The smallest absolute Gasteiger partial charge is 0.259 e. The van der Waals surface area contributed by atoms with Gasteiger partial charge in [0.05, 0.1) is 5.39 Å². The molecular formula is C14H13N3O2S. The zero-order chi connectivity index (χ0) is 14.1. The summed E-state index contributed by atoms with van der Waals surface area (Å²) < 4.78 is 4.11. The van der Waals surface area contributed by atoms with E-state index in [1.54, 1.807) is 34.4 Å². The minimum Gasteiger partial charge on any atom is -0.398 e. The Balaban J connectivity index is 1.90. The Labute approximate surface area is 118 Å². The zero-order valence-corrected chi connectivity index (χ0v) is 11.5. The van der Waals surface area contributed by atoms with Gasteiger partial charge in [0.1, 0.15) is 0 Å². The number of pyridine rings is 2. The third-order valence-electron chi connectivity index (χ3n) is 3.18. The molecule has 0 fully saturated rings. The Bertz CT molecular complexity index is 876. The predicted molar refractivity (Wildman–Crippen MR) is 81.2 cm³/mol. The van der Waals surface area contributed by atoms with E-state index in [0.29, 0.717) is 18.8 Å². The van der Waals surface area contributed by atoms with Crippen molar-refractivity contribution in [1.82, 2.24) is 9.13 Å². The molecule has 6 heteroatoms. The third-order valence-corrected chi connectivity index (χ3v) is 4.06. The van der Waals surface area contributed by atoms with Gasteiger partial charge in [-0.25, -0.2) is 0 Å². The molecule has 0 atom stereocenters. The Morgan fingerprint density at radius 2 is 1.85 bits per heavy atom. The third kappa shape index (κ3) is 2.25. The highest BCUT2D eigenvalue weighted by Crippen LogP contribution is 2.16. The van der Waals surface area contributed by atoms with Crippen molar-refractivity contribution in [2.75, 3.05) is 5.73 Å². The Kier molecular flexibility index (Phi) is 3.15. The van der Waals surface area contributed by atoms with E-state index >= 15 is 0 Å². The van der Waals surface area contributed by atoms with Crippen molar-refractivity contribution in [2.45, 2.75) is 13.1 Å². The molecule has 2 N–H and O–H groups in total. The van der Waals surface area contributed by atoms with Crippen LogP contribution in [0.5, 0.6) is 0 Å². The number of aromatic nitrogens is 2. The van der Waals surface area contributed by atoms with Crippen LogP contribution in [0.15, 0.2) is 51.6 Å². The van der Waals surface area contributed by atoms with Gasteiger partial charge < -0.3 is 14.9 Å². The molecule has 102 valence electrons. The second-order valence-electron chi connectivity index (χ2n) is 4.51. The van der Waals surface area contributed by atoms with Gasteiger partial charge in [-0.15, -0.1) is 11.3 Å². The van der Waals surface area contributed by atoms with E-state index < -0.39 is 0 Å². The van der Waals surface area contributed by atoms with Crippen LogP contribution in [0, 0.1) is 0 Å². The lowest BCUT2D eigenvalue weighted by atomic mass is 10.3. The lowest BCUT2D eigenvalue weighted by Crippen LogP contribution is -2.26. The van der Waals surface area contributed by atoms with Gasteiger partial charge in [0.2, 0.25) is 0 Å². The molecular weight excluding hydrogens is 274 g/mol. The number of rotatable bonds is 3. The van der Waals surface area contributed by atoms with Crippen LogP contribution in [0.4, 0.5) is 5.69 Å². The number of anilines is 1. The molecule has 0 radical (unpaired) electrons. The van der Waals surface area contributed by atoms with E-state index in [1.165, 1.54) is 10.6 Å². The summed E-state index contributed by atoms with van der Waals surface area (Å²) in [5.41, 5.74) is 6.04. The van der Waals surface area contributed by atoms with E-state index in [4.69, 9.17) is 5.73 Å². The average Bonchev–Trinajstić information content (AvgIpc) is 2.91. The number of aryl methyl sites for hydroxylation is 2. The maximum atomic E-state index is 12.2. The molecule has 20 heavy (non-hydrogen) atoms. The van der Waals surface area contributed by atoms with Crippen molar-refractivity contribution in [3.63, 3.8) is 0 Å². The summed E-state index contributed by atoms with van der Waals surface area (Å²) in [6.07, 6.45) is 3.36. The van der Waals surface area contributed by atoms with Gasteiger partial charge in [-0.1, -0.05) is 0 Å². The molecule has 0 aromatic carbocycles. The standard InChI is InChI=1S/C14H13N3O2S/c15-10-1-2-13(18)17(9-10)7-6-16-5-3-12-11(14(16)19)4-8-20-12/h1-5,8-9H,6-7,15H2. The highest BCUT2D eigenvalue weighted by atomic mass is 32.1. The normalized spacial score (nSPS) is 11.0. The van der Waals surface area contributed by atoms with E-state index in [9.17, 15) is 9.59 Å². The predicted octanol–water partition coefficient (Wildman–Crippen LogP) is 1.51. The van der Waals surface area contributed by atoms with E-state index in [2.05, 4.69) is 0 Å². The van der Waals surface area contributed by atoms with E-state index in [0.717, 1.165) is 10.1 Å². The van der Waals surface area contributed by atoms with Gasteiger partial charge in [0, 0.05) is 41.9 Å². The number of nitrogen functional groups attached to an aromatic ring is 1. The molecule has 3 aromatic heterocycles. The van der Waals surface area contributed by atoms with Crippen LogP contribution >= 0.6 is 11.3 Å². The lowest BCUT2D eigenvalue weighted by molar-refractivity contribution is 0.556. The highest BCUT2D eigenvalue weighted by molar-refractivity contribution is 7.17. The van der Waals surface area contributed by atoms with Gasteiger partial charge in [0.15, 0.2) is 0 Å². The molecule has 0 aliphatic rings. The maximum absolute atomic E-state index is 12.2. The molecule has 3 heterocycles. The van der Waals surface area contributed by atoms with Crippen LogP contribution in [-0.2, 0) is 13.1 Å². The Morgan fingerprint density at radius 1 is 1.05 bits per heavy atom. The van der Waals surface area contributed by atoms with Gasteiger partial charge in [0.25, 0.3) is 11.1 Å². The largest absolute Gasteiger partial charge is 0.398 e. The zero-order valence-electron chi connectivity index (χ0n) is 10.7. The molecule has 0 saturated carbocycles. The molecule has 0 unspecified atom stereocenters. The fraction of sp³-hybridized carbons (Fsp3) is 0.143. The van der Waals surface area contributed by atoms with Crippen LogP contribution in [0.1, 0.15) is 0 Å². The number of hydrogen-bond acceptors (Lipinski definition) is 4. The molecule has 3 aromatic rings. The number of thiophene rings is 1. The van der Waals surface area contributed by atoms with E-state index in [1.807, 2.05) is 17.5 Å². The van der Waals surface area contributed by atoms with Gasteiger partial charge in [-0.2, -0.15) is 0 Å². The summed E-state index contributed by atoms with van der Waals surface area (Å²) in [5, 5.41) is 2.62. The van der Waals surface area contributed by atoms with Crippen LogP contribution in [-0.4, -0.2) is 9.13 Å². The summed E-state index contributed by atoms with van der Waals surface area (Å²) in [4.78, 5) is 23.9. The number of nitrogens with two attached hydrogens (primary N) is 1. The summed E-state index contributed by atoms with van der Waals surface area (Å²) in [6.45, 7) is 0.855. The van der Waals surface area contributed by atoms with Gasteiger partial charge >= 0.3 is 0 Å². The van der Waals surface area contributed by atoms with Crippen LogP contribution in [0.3, 0.4) is 0 Å². The molecule has 0 aliphatic heterocycles. The molecule has 5 nitrogen and oxygen atoms in total. The number of fused-ring (bicyclic) bond motifs is 1. The highest BCUT2D eigenvalue weighted by Gasteiger charge is 2.04. The fourth-order valence-corrected chi connectivity index (χ4v) is 2.90. The second-order valence-corrected chi connectivity index (χ2v) is 5.45. The first-order chi connectivity index (χ1) is 9.65. The molecule has 0 aliphatic carbocycles. The van der Waals surface area contributed by atoms with Gasteiger partial charge in [-0.3, -0.25) is 9.59 Å². The van der Waals surface area contributed by atoms with Crippen LogP contribution in [0.2, 0.25) is 0 Å². The fourth-order valence-electron chi connectivity index (χ4n) is 2.12. The van der Waals surface area contributed by atoms with Crippen molar-refractivity contribution < 1.29 is 0 Å². The monoisotopic (exact) mass is 287 g/mol. The van der Waals surface area contributed by atoms with Crippen LogP contribution in [0.25, 0.3) is 10.1 Å². The van der Waals surface area contributed by atoms with E-state index in [-0.39, 0.29) is 11.1 Å². The quantitative estimate of drug-likeness (QED) is 0.793. The number of nitrogens with zero attached hydrogens (tertiary/aromatic N) is 2. The first kappa shape index (κ1) is 12.7. The first-order valence-electron chi connectivity index (χ1n) is 6.18. The number of hydrogen-bond donors (Lipinski definition) is 1. The molecule has 0 bridgehead atoms. The van der Waals surface area contributed by atoms with Crippen molar-refractivity contribution in [3.8, 4) is 0 Å². The summed E-state index contributed by atoms with van der Waals surface area (Å²) in [5.74, 6) is 0. The SMILES string of the molecule is Nc1ccc(=O)n(CCn2ccc3sccc3c2=O)c1. The van der Waals surface area contributed by atoms with Crippen molar-refractivity contribution in [2.24, 2.45) is 0 Å². The molecule has 0 spiro atoms. The average molecular weight is 287 g/mol. The second kappa shape index (κ2) is 4.97. The molecule has 0 amide bonds. The minimum atomic E-state index is -0.121. The van der Waals surface area contributed by atoms with Crippen molar-refractivity contribution >= 4 is 27.1 Å². The minimum absolute atomic E-state index is 0.0271. The molecule has 0 saturated heterocycles. The first-order valence-corrected chi connectivity index (χ1v) is 7.06. The Hall–Kier alpha value is -2.34. The maximum Gasteiger partial charge on any atom is 0.259 e. The summed E-state index contributed by atoms with van der Waals surface area (Å²) in [7, 11) is 0. The van der Waals surface area contributed by atoms with Crippen molar-refractivity contribution in [1.29, 1.82) is 0 Å². The van der Waals surface area contributed by atoms with Crippen molar-refractivity contribution in [3.05, 3.63) is 62.7 Å². The Morgan fingerprint density at radius 3 is 2.70 bits per heavy atom. The van der Waals surface area contributed by atoms with Gasteiger partial charge in [-0.05, 0) is 23.6 Å².